The first-order chi connectivity index (χ1) is 13.8. The molecule has 2 N–H and O–H groups in total. The van der Waals surface area contributed by atoms with Crippen LogP contribution in [0.4, 0.5) is 13.6 Å². The van der Waals surface area contributed by atoms with Crippen molar-refractivity contribution < 1.29 is 18.3 Å². The summed E-state index contributed by atoms with van der Waals surface area (Å²) in [6.07, 6.45) is 0.299. The van der Waals surface area contributed by atoms with Crippen molar-refractivity contribution in [1.82, 2.24) is 10.6 Å². The summed E-state index contributed by atoms with van der Waals surface area (Å²) < 4.78 is 32.7. The molecule has 0 radical (unpaired) electrons. The molecule has 0 spiro atoms. The zero-order valence-electron chi connectivity index (χ0n) is 16.3. The molecule has 0 saturated heterocycles. The molecule has 29 heavy (non-hydrogen) atoms. The number of rotatable bonds is 3. The lowest BCUT2D eigenvalue weighted by Gasteiger charge is -2.30. The molecule has 1 aliphatic heterocycles. The highest BCUT2D eigenvalue weighted by Crippen LogP contribution is 2.29. The molecule has 150 valence electrons. The van der Waals surface area contributed by atoms with E-state index in [2.05, 4.69) is 16.7 Å². The van der Waals surface area contributed by atoms with Gasteiger partial charge in [-0.1, -0.05) is 36.4 Å². The summed E-state index contributed by atoms with van der Waals surface area (Å²) in [6.45, 7) is 3.97. The maximum Gasteiger partial charge on any atom is 0.315 e. The molecule has 1 aliphatic rings. The average Bonchev–Trinajstić information content (AvgIpc) is 2.66. The number of carbonyl (C=O) groups is 1. The highest BCUT2D eigenvalue weighted by atomic mass is 19.1. The van der Waals surface area contributed by atoms with Gasteiger partial charge in [-0.2, -0.15) is 0 Å². The lowest BCUT2D eigenvalue weighted by Crippen LogP contribution is -2.52. The highest BCUT2D eigenvalue weighted by Gasteiger charge is 2.28. The Hall–Kier alpha value is -3.15. The first-order valence-electron chi connectivity index (χ1n) is 9.50. The van der Waals surface area contributed by atoms with E-state index < -0.39 is 17.2 Å². The van der Waals surface area contributed by atoms with E-state index in [1.54, 1.807) is 0 Å². The Bertz CT molecular complexity index is 1080. The second-order valence-corrected chi connectivity index (χ2v) is 7.87. The summed E-state index contributed by atoms with van der Waals surface area (Å²) in [5, 5.41) is 8.05. The van der Waals surface area contributed by atoms with E-state index in [0.717, 1.165) is 22.4 Å². The summed E-state index contributed by atoms with van der Waals surface area (Å²) in [4.78, 5) is 12.6. The van der Waals surface area contributed by atoms with Crippen LogP contribution in [0.25, 0.3) is 10.8 Å². The molecule has 1 atom stereocenters. The van der Waals surface area contributed by atoms with Gasteiger partial charge in [0, 0.05) is 11.6 Å². The normalized spacial score (nSPS) is 16.1. The van der Waals surface area contributed by atoms with Crippen LogP contribution in [-0.2, 0) is 12.0 Å². The Balaban J connectivity index is 1.44. The third-order valence-electron chi connectivity index (χ3n) is 5.21. The van der Waals surface area contributed by atoms with Crippen LogP contribution in [0.15, 0.2) is 54.6 Å². The van der Waals surface area contributed by atoms with Crippen molar-refractivity contribution >= 4 is 16.8 Å². The molecule has 0 fully saturated rings. The molecular formula is C23H22F2N2O2. The van der Waals surface area contributed by atoms with E-state index in [1.165, 1.54) is 6.07 Å². The Kier molecular flexibility index (Phi) is 4.86. The average molecular weight is 396 g/mol. The number of hydrogen-bond acceptors (Lipinski definition) is 2. The summed E-state index contributed by atoms with van der Waals surface area (Å²) >= 11 is 0. The fourth-order valence-electron chi connectivity index (χ4n) is 3.68. The number of halogens is 2. The number of ether oxygens (including phenoxy) is 1. The quantitative estimate of drug-likeness (QED) is 0.677. The van der Waals surface area contributed by atoms with Gasteiger partial charge in [-0.3, -0.25) is 0 Å². The number of nitrogens with one attached hydrogen (secondary N) is 2. The summed E-state index contributed by atoms with van der Waals surface area (Å²) in [6, 6.07) is 15.4. The number of fused-ring (bicyclic) bond motifs is 2. The number of urea groups is 1. The van der Waals surface area contributed by atoms with Crippen LogP contribution in [0.1, 0.15) is 25.0 Å². The minimum absolute atomic E-state index is 0.0568. The van der Waals surface area contributed by atoms with Crippen molar-refractivity contribution in [3.63, 3.8) is 0 Å². The summed E-state index contributed by atoms with van der Waals surface area (Å²) in [7, 11) is 0. The molecule has 0 saturated carbocycles. The predicted molar refractivity (Wildman–Crippen MR) is 108 cm³/mol. The van der Waals surface area contributed by atoms with Gasteiger partial charge in [-0.15, -0.1) is 0 Å². The molecule has 3 aromatic rings. The maximum atomic E-state index is 13.8. The molecule has 4 nitrogen and oxygen atoms in total. The number of benzene rings is 3. The minimum Gasteiger partial charge on any atom is -0.488 e. The lowest BCUT2D eigenvalue weighted by molar-refractivity contribution is 0.203. The van der Waals surface area contributed by atoms with Gasteiger partial charge in [0.15, 0.2) is 11.6 Å². The Morgan fingerprint density at radius 3 is 2.62 bits per heavy atom. The van der Waals surface area contributed by atoms with E-state index in [9.17, 15) is 13.6 Å². The van der Waals surface area contributed by atoms with Crippen LogP contribution in [0.3, 0.4) is 0 Å². The molecule has 0 aromatic heterocycles. The first kappa shape index (κ1) is 19.2. The lowest BCUT2D eigenvalue weighted by atomic mass is 9.92. The van der Waals surface area contributed by atoms with E-state index in [0.29, 0.717) is 12.0 Å². The van der Waals surface area contributed by atoms with Crippen LogP contribution in [0.5, 0.6) is 5.75 Å². The zero-order valence-corrected chi connectivity index (χ0v) is 16.3. The van der Waals surface area contributed by atoms with Gasteiger partial charge in [0.05, 0.1) is 11.6 Å². The largest absolute Gasteiger partial charge is 0.488 e. The van der Waals surface area contributed by atoms with E-state index in [1.807, 2.05) is 50.2 Å². The third-order valence-corrected chi connectivity index (χ3v) is 5.21. The molecule has 1 heterocycles. The third kappa shape index (κ3) is 4.01. The molecule has 4 rings (SSSR count). The smallest absolute Gasteiger partial charge is 0.315 e. The summed E-state index contributed by atoms with van der Waals surface area (Å²) in [5.41, 5.74) is 0.772. The topological polar surface area (TPSA) is 50.4 Å². The number of carbonyl (C=O) groups excluding carboxylic acids is 1. The van der Waals surface area contributed by atoms with E-state index in [4.69, 9.17) is 4.74 Å². The molecule has 1 unspecified atom stereocenters. The number of hydrogen-bond donors (Lipinski definition) is 2. The van der Waals surface area contributed by atoms with Crippen molar-refractivity contribution in [2.45, 2.75) is 31.8 Å². The molecular weight excluding hydrogens is 374 g/mol. The maximum absolute atomic E-state index is 13.8. The highest BCUT2D eigenvalue weighted by molar-refractivity contribution is 5.83. The zero-order chi connectivity index (χ0) is 20.6. The molecule has 3 aromatic carbocycles. The van der Waals surface area contributed by atoms with Crippen LogP contribution in [0.2, 0.25) is 0 Å². The van der Waals surface area contributed by atoms with Crippen LogP contribution < -0.4 is 15.4 Å². The Labute approximate surface area is 167 Å². The van der Waals surface area contributed by atoms with Gasteiger partial charge in [0.2, 0.25) is 0 Å². The first-order valence-corrected chi connectivity index (χ1v) is 9.50. The summed E-state index contributed by atoms with van der Waals surface area (Å²) in [5.74, 6) is -1.32. The van der Waals surface area contributed by atoms with Crippen molar-refractivity contribution in [2.75, 3.05) is 6.61 Å². The van der Waals surface area contributed by atoms with Gasteiger partial charge in [-0.25, -0.2) is 13.6 Å². The standard InChI is InChI=1S/C23H22F2N2O2/c1-23(2,17-8-7-14-5-3-4-6-15(14)9-17)27-22(28)26-19-11-16-10-18(24)12-20(25)21(16)29-13-19/h3-10,12,19H,11,13H2,1-2H3,(H2,26,27,28). The van der Waals surface area contributed by atoms with Crippen LogP contribution in [0, 0.1) is 11.6 Å². The van der Waals surface area contributed by atoms with Gasteiger partial charge >= 0.3 is 6.03 Å². The second kappa shape index (κ2) is 7.35. The Morgan fingerprint density at radius 2 is 1.83 bits per heavy atom. The molecule has 0 bridgehead atoms. The van der Waals surface area contributed by atoms with Crippen molar-refractivity contribution in [1.29, 1.82) is 0 Å². The van der Waals surface area contributed by atoms with Gasteiger partial charge in [0.25, 0.3) is 0 Å². The van der Waals surface area contributed by atoms with Crippen LogP contribution in [-0.4, -0.2) is 18.7 Å². The fraction of sp³-hybridized carbons (Fsp3) is 0.261. The molecule has 0 aliphatic carbocycles. The van der Waals surface area contributed by atoms with Gasteiger partial charge < -0.3 is 15.4 Å². The van der Waals surface area contributed by atoms with E-state index in [-0.39, 0.29) is 24.4 Å². The van der Waals surface area contributed by atoms with E-state index >= 15 is 0 Å². The van der Waals surface area contributed by atoms with Gasteiger partial charge in [0.1, 0.15) is 12.4 Å². The Morgan fingerprint density at radius 1 is 1.07 bits per heavy atom. The minimum atomic E-state index is -0.722. The number of amides is 2. The fourth-order valence-corrected chi connectivity index (χ4v) is 3.68. The van der Waals surface area contributed by atoms with Gasteiger partial charge in [-0.05, 0) is 48.7 Å². The second-order valence-electron chi connectivity index (χ2n) is 7.87. The van der Waals surface area contributed by atoms with Crippen molar-refractivity contribution in [2.24, 2.45) is 0 Å². The molecule has 2 amide bonds. The monoisotopic (exact) mass is 396 g/mol. The van der Waals surface area contributed by atoms with Crippen molar-refractivity contribution in [3.05, 3.63) is 77.4 Å². The van der Waals surface area contributed by atoms with Crippen molar-refractivity contribution in [3.8, 4) is 5.75 Å². The molecule has 6 heteroatoms. The van der Waals surface area contributed by atoms with Crippen LogP contribution >= 0.6 is 0 Å². The predicted octanol–water partition coefficient (Wildman–Crippen LogP) is 4.66. The SMILES string of the molecule is CC(C)(NC(=O)NC1COc2c(F)cc(F)cc2C1)c1ccc2ccccc2c1.